The van der Waals surface area contributed by atoms with Gasteiger partial charge in [-0.25, -0.2) is 16.8 Å². The van der Waals surface area contributed by atoms with E-state index in [2.05, 4.69) is 5.32 Å². The Morgan fingerprint density at radius 2 is 1.57 bits per heavy atom. The Hall–Kier alpha value is -3.77. The van der Waals surface area contributed by atoms with Crippen LogP contribution in [0.1, 0.15) is 18.5 Å². The second-order valence-corrected chi connectivity index (χ2v) is 11.6. The molecule has 0 heterocycles. The van der Waals surface area contributed by atoms with E-state index in [1.165, 1.54) is 54.6 Å². The third-order valence-electron chi connectivity index (χ3n) is 5.13. The van der Waals surface area contributed by atoms with E-state index in [4.69, 9.17) is 0 Å². The lowest BCUT2D eigenvalue weighted by Crippen LogP contribution is -2.41. The molecule has 1 amide bonds. The molecular formula is C23H23N3O7S2. The van der Waals surface area contributed by atoms with E-state index in [9.17, 15) is 31.7 Å². The van der Waals surface area contributed by atoms with Gasteiger partial charge in [0.25, 0.3) is 15.7 Å². The molecule has 12 heteroatoms. The maximum Gasteiger partial charge on any atom is 0.271 e. The molecule has 1 atom stereocenters. The first kappa shape index (κ1) is 25.8. The van der Waals surface area contributed by atoms with Crippen molar-refractivity contribution in [1.82, 2.24) is 5.32 Å². The highest BCUT2D eigenvalue weighted by Crippen LogP contribution is 2.27. The van der Waals surface area contributed by atoms with Crippen LogP contribution in [-0.4, -0.2) is 40.5 Å². The van der Waals surface area contributed by atoms with E-state index in [1.54, 1.807) is 25.1 Å². The molecule has 0 radical (unpaired) electrons. The number of carbonyl (C=O) groups excluding carboxylic acids is 1. The molecule has 184 valence electrons. The van der Waals surface area contributed by atoms with Crippen LogP contribution in [0, 0.1) is 10.1 Å². The molecule has 0 aliphatic carbocycles. The zero-order chi connectivity index (χ0) is 25.8. The summed E-state index contributed by atoms with van der Waals surface area (Å²) >= 11 is 0. The van der Waals surface area contributed by atoms with Gasteiger partial charge in [-0.1, -0.05) is 36.4 Å². The molecule has 0 saturated carbocycles. The van der Waals surface area contributed by atoms with Gasteiger partial charge < -0.3 is 5.32 Å². The lowest BCUT2D eigenvalue weighted by molar-refractivity contribution is -0.384. The summed E-state index contributed by atoms with van der Waals surface area (Å²) in [6, 6.07) is 17.8. The number of nitro groups is 1. The minimum atomic E-state index is -4.23. The van der Waals surface area contributed by atoms with Crippen LogP contribution in [0.15, 0.2) is 88.7 Å². The van der Waals surface area contributed by atoms with Gasteiger partial charge in [0.2, 0.25) is 5.91 Å². The molecule has 3 aromatic carbocycles. The van der Waals surface area contributed by atoms with Crippen LogP contribution < -0.4 is 9.62 Å². The number of anilines is 1. The maximum absolute atomic E-state index is 13.4. The Morgan fingerprint density at radius 1 is 0.943 bits per heavy atom. The number of hydrogen-bond donors (Lipinski definition) is 1. The van der Waals surface area contributed by atoms with Crippen molar-refractivity contribution in [3.05, 3.63) is 94.5 Å². The van der Waals surface area contributed by atoms with Gasteiger partial charge >= 0.3 is 0 Å². The summed E-state index contributed by atoms with van der Waals surface area (Å²) in [7, 11) is -7.61. The largest absolute Gasteiger partial charge is 0.348 e. The van der Waals surface area contributed by atoms with Crippen molar-refractivity contribution in [2.75, 3.05) is 17.1 Å². The van der Waals surface area contributed by atoms with Gasteiger partial charge in [0.05, 0.1) is 26.4 Å². The van der Waals surface area contributed by atoms with Crippen LogP contribution in [-0.2, 0) is 24.7 Å². The van der Waals surface area contributed by atoms with E-state index >= 15 is 0 Å². The van der Waals surface area contributed by atoms with E-state index in [1.807, 2.05) is 0 Å². The first-order valence-electron chi connectivity index (χ1n) is 10.3. The molecule has 3 rings (SSSR count). The number of hydrogen-bond acceptors (Lipinski definition) is 7. The summed E-state index contributed by atoms with van der Waals surface area (Å²) in [5.41, 5.74) is 0.248. The molecule has 1 unspecified atom stereocenters. The first-order chi connectivity index (χ1) is 16.4. The summed E-state index contributed by atoms with van der Waals surface area (Å²) < 4.78 is 50.8. The topological polar surface area (TPSA) is 144 Å². The lowest BCUT2D eigenvalue weighted by atomic mass is 10.1. The van der Waals surface area contributed by atoms with Gasteiger partial charge in [-0.05, 0) is 42.8 Å². The van der Waals surface area contributed by atoms with Crippen LogP contribution in [0.2, 0.25) is 0 Å². The van der Waals surface area contributed by atoms with E-state index in [-0.39, 0.29) is 21.2 Å². The molecule has 0 aliphatic rings. The number of rotatable bonds is 9. The second-order valence-electron chi connectivity index (χ2n) is 7.73. The summed E-state index contributed by atoms with van der Waals surface area (Å²) in [6.45, 7) is 1.03. The van der Waals surface area contributed by atoms with Crippen molar-refractivity contribution < 1.29 is 26.6 Å². The molecule has 0 spiro atoms. The number of non-ortho nitro benzene ring substituents is 1. The van der Waals surface area contributed by atoms with Crippen LogP contribution in [0.5, 0.6) is 0 Å². The molecular weight excluding hydrogens is 494 g/mol. The van der Waals surface area contributed by atoms with Crippen molar-refractivity contribution in [3.8, 4) is 0 Å². The molecule has 35 heavy (non-hydrogen) atoms. The molecule has 0 fully saturated rings. The van der Waals surface area contributed by atoms with Crippen molar-refractivity contribution in [3.63, 3.8) is 0 Å². The van der Waals surface area contributed by atoms with Crippen LogP contribution >= 0.6 is 0 Å². The van der Waals surface area contributed by atoms with Crippen molar-refractivity contribution in [2.45, 2.75) is 22.8 Å². The lowest BCUT2D eigenvalue weighted by Gasteiger charge is -2.25. The van der Waals surface area contributed by atoms with Crippen LogP contribution in [0.4, 0.5) is 11.4 Å². The van der Waals surface area contributed by atoms with Gasteiger partial charge in [0.1, 0.15) is 6.54 Å². The molecule has 1 N–H and O–H groups in total. The molecule has 0 aromatic heterocycles. The first-order valence-corrected chi connectivity index (χ1v) is 13.6. The number of sulfone groups is 1. The monoisotopic (exact) mass is 517 g/mol. The SMILES string of the molecule is CC(NC(=O)CN(c1cccc([N+](=O)[O-])c1)S(=O)(=O)c1ccccc1)c1ccc(S(C)(=O)=O)cc1. The Morgan fingerprint density at radius 3 is 2.14 bits per heavy atom. The van der Waals surface area contributed by atoms with Gasteiger partial charge in [0.15, 0.2) is 9.84 Å². The molecule has 10 nitrogen and oxygen atoms in total. The Balaban J connectivity index is 1.89. The molecule has 3 aromatic rings. The minimum Gasteiger partial charge on any atom is -0.348 e. The summed E-state index contributed by atoms with van der Waals surface area (Å²) in [6.07, 6.45) is 1.09. The normalized spacial score (nSPS) is 12.5. The van der Waals surface area contributed by atoms with E-state index in [0.717, 1.165) is 16.6 Å². The van der Waals surface area contributed by atoms with E-state index in [0.29, 0.717) is 5.56 Å². The summed E-state index contributed by atoms with van der Waals surface area (Å²) in [4.78, 5) is 23.5. The van der Waals surface area contributed by atoms with E-state index < -0.39 is 43.3 Å². The fourth-order valence-electron chi connectivity index (χ4n) is 3.30. The number of sulfonamides is 1. The minimum absolute atomic E-state index is 0.0386. The standard InChI is InChI=1S/C23H23N3O7S2/c1-17(18-11-13-21(14-12-18)34(2,30)31)24-23(27)16-25(19-7-6-8-20(15-19)26(28)29)35(32,33)22-9-4-3-5-10-22/h3-15,17H,16H2,1-2H3,(H,24,27). The zero-order valence-corrected chi connectivity index (χ0v) is 20.5. The average Bonchev–Trinajstić information content (AvgIpc) is 2.82. The van der Waals surface area contributed by atoms with Gasteiger partial charge in [0, 0.05) is 18.4 Å². The predicted octanol–water partition coefficient (Wildman–Crippen LogP) is 3.07. The Bertz CT molecular complexity index is 1440. The van der Waals surface area contributed by atoms with Crippen LogP contribution in [0.3, 0.4) is 0 Å². The highest BCUT2D eigenvalue weighted by atomic mass is 32.2. The number of nitro benzene ring substituents is 1. The second kappa shape index (κ2) is 10.2. The number of nitrogens with zero attached hydrogens (tertiary/aromatic N) is 2. The third kappa shape index (κ3) is 6.22. The highest BCUT2D eigenvalue weighted by molar-refractivity contribution is 7.93. The Labute approximate surface area is 203 Å². The van der Waals surface area contributed by atoms with Crippen LogP contribution in [0.25, 0.3) is 0 Å². The fraction of sp³-hybridized carbons (Fsp3) is 0.174. The number of carbonyl (C=O) groups is 1. The Kier molecular flexibility index (Phi) is 7.56. The number of nitrogens with one attached hydrogen (secondary N) is 1. The maximum atomic E-state index is 13.4. The third-order valence-corrected chi connectivity index (χ3v) is 8.05. The quantitative estimate of drug-likeness (QED) is 0.339. The summed E-state index contributed by atoms with van der Waals surface area (Å²) in [5.74, 6) is -0.657. The number of amides is 1. The van der Waals surface area contributed by atoms with Gasteiger partial charge in [-0.3, -0.25) is 19.2 Å². The average molecular weight is 518 g/mol. The highest BCUT2D eigenvalue weighted by Gasteiger charge is 2.28. The molecule has 0 aliphatic heterocycles. The fourth-order valence-corrected chi connectivity index (χ4v) is 5.37. The number of benzene rings is 3. The molecule has 0 saturated heterocycles. The summed E-state index contributed by atoms with van der Waals surface area (Å²) in [5, 5.41) is 13.9. The van der Waals surface area contributed by atoms with Crippen molar-refractivity contribution in [2.24, 2.45) is 0 Å². The predicted molar refractivity (Wildman–Crippen MR) is 130 cm³/mol. The van der Waals surface area contributed by atoms with Gasteiger partial charge in [-0.2, -0.15) is 0 Å². The van der Waals surface area contributed by atoms with Crippen molar-refractivity contribution >= 4 is 37.1 Å². The molecule has 0 bridgehead atoms. The zero-order valence-electron chi connectivity index (χ0n) is 18.9. The van der Waals surface area contributed by atoms with Gasteiger partial charge in [-0.15, -0.1) is 0 Å². The smallest absolute Gasteiger partial charge is 0.271 e. The van der Waals surface area contributed by atoms with Crippen molar-refractivity contribution in [1.29, 1.82) is 0 Å².